The van der Waals surface area contributed by atoms with Crippen LogP contribution in [0.15, 0.2) is 42.5 Å². The molecule has 0 aliphatic heterocycles. The minimum atomic E-state index is -0.448. The molecule has 0 unspecified atom stereocenters. The van der Waals surface area contributed by atoms with Crippen molar-refractivity contribution in [3.63, 3.8) is 0 Å². The Morgan fingerprint density at radius 2 is 1.92 bits per heavy atom. The Hall–Kier alpha value is -3.22. The third kappa shape index (κ3) is 3.82. The molecule has 0 aliphatic rings. The van der Waals surface area contributed by atoms with E-state index >= 15 is 0 Å². The fourth-order valence-corrected chi connectivity index (χ4v) is 2.33. The van der Waals surface area contributed by atoms with Crippen LogP contribution in [0.25, 0.3) is 11.0 Å². The number of H-pyrrole nitrogens is 1. The van der Waals surface area contributed by atoms with Gasteiger partial charge in [0, 0.05) is 5.56 Å². The van der Waals surface area contributed by atoms with Crippen molar-refractivity contribution in [2.24, 2.45) is 0 Å². The number of nitrogens with one attached hydrogen (secondary N) is 2. The van der Waals surface area contributed by atoms with Crippen LogP contribution in [0.2, 0.25) is 0 Å². The number of amides is 1. The largest absolute Gasteiger partial charge is 0.462 e. The van der Waals surface area contributed by atoms with E-state index in [1.54, 1.807) is 42.5 Å². The van der Waals surface area contributed by atoms with Gasteiger partial charge in [-0.1, -0.05) is 25.5 Å². The summed E-state index contributed by atoms with van der Waals surface area (Å²) in [4.78, 5) is 24.7. The third-order valence-corrected chi connectivity index (χ3v) is 3.70. The lowest BCUT2D eigenvalue weighted by atomic mass is 10.1. The summed E-state index contributed by atoms with van der Waals surface area (Å²) in [5, 5.41) is 13.2. The number of ether oxygens (including phenoxy) is 1. The number of rotatable bonds is 6. The van der Waals surface area contributed by atoms with E-state index in [0.29, 0.717) is 34.5 Å². The minimum absolute atomic E-state index is 0.328. The molecule has 7 nitrogen and oxygen atoms in total. The van der Waals surface area contributed by atoms with E-state index in [4.69, 9.17) is 4.74 Å². The Labute approximate surface area is 144 Å². The van der Waals surface area contributed by atoms with E-state index in [1.165, 1.54) is 0 Å². The molecule has 1 amide bonds. The molecule has 0 radical (unpaired) electrons. The number of fused-ring (bicyclic) bond motifs is 1. The summed E-state index contributed by atoms with van der Waals surface area (Å²) in [5.74, 6) is -0.782. The first-order chi connectivity index (χ1) is 12.2. The number of aromatic amines is 1. The van der Waals surface area contributed by atoms with Gasteiger partial charge >= 0.3 is 5.97 Å². The maximum Gasteiger partial charge on any atom is 0.340 e. The van der Waals surface area contributed by atoms with Crippen molar-refractivity contribution in [1.82, 2.24) is 15.4 Å². The van der Waals surface area contributed by atoms with Crippen LogP contribution in [-0.4, -0.2) is 33.9 Å². The Morgan fingerprint density at radius 1 is 1.12 bits per heavy atom. The summed E-state index contributed by atoms with van der Waals surface area (Å²) in [5.41, 5.74) is 2.44. The van der Waals surface area contributed by atoms with Gasteiger partial charge in [0.1, 0.15) is 11.0 Å². The van der Waals surface area contributed by atoms with Crippen molar-refractivity contribution in [3.8, 4) is 0 Å². The minimum Gasteiger partial charge on any atom is -0.462 e. The molecule has 0 aliphatic carbocycles. The van der Waals surface area contributed by atoms with Gasteiger partial charge < -0.3 is 10.1 Å². The molecular formula is C18H18N4O3. The molecular weight excluding hydrogens is 320 g/mol. The van der Waals surface area contributed by atoms with Gasteiger partial charge in [0.05, 0.1) is 17.9 Å². The molecule has 2 N–H and O–H groups in total. The van der Waals surface area contributed by atoms with E-state index in [1.807, 2.05) is 6.92 Å². The molecule has 7 heteroatoms. The molecule has 3 rings (SSSR count). The number of aromatic nitrogens is 3. The van der Waals surface area contributed by atoms with Crippen LogP contribution in [0, 0.1) is 0 Å². The molecule has 1 heterocycles. The lowest BCUT2D eigenvalue weighted by molar-refractivity contribution is 0.0501. The maximum absolute atomic E-state index is 12.5. The predicted octanol–water partition coefficient (Wildman–Crippen LogP) is 3.17. The van der Waals surface area contributed by atoms with Crippen molar-refractivity contribution < 1.29 is 14.3 Å². The summed E-state index contributed by atoms with van der Waals surface area (Å²) in [6, 6.07) is 11.8. The smallest absolute Gasteiger partial charge is 0.340 e. The number of anilines is 1. The highest BCUT2D eigenvalue weighted by molar-refractivity contribution is 6.09. The molecule has 0 saturated carbocycles. The number of carbonyl (C=O) groups excluding carboxylic acids is 2. The first-order valence-electron chi connectivity index (χ1n) is 8.07. The molecule has 0 bridgehead atoms. The number of esters is 1. The summed E-state index contributed by atoms with van der Waals surface area (Å²) >= 11 is 0. The number of para-hydroxylation sites is 1. The SMILES string of the molecule is CCCCOC(=O)c1ccccc1NC(=O)c1ccc2n[nH]nc2c1. The Bertz CT molecular complexity index is 904. The fourth-order valence-electron chi connectivity index (χ4n) is 2.33. The Balaban J connectivity index is 1.77. The van der Waals surface area contributed by atoms with Gasteiger partial charge in [0.25, 0.3) is 5.91 Å². The predicted molar refractivity (Wildman–Crippen MR) is 93.5 cm³/mol. The van der Waals surface area contributed by atoms with Crippen LogP contribution in [-0.2, 0) is 4.74 Å². The second kappa shape index (κ2) is 7.57. The highest BCUT2D eigenvalue weighted by Crippen LogP contribution is 2.18. The number of unbranched alkanes of at least 4 members (excludes halogenated alkanes) is 1. The average Bonchev–Trinajstić information content (AvgIpc) is 3.10. The van der Waals surface area contributed by atoms with Gasteiger partial charge in [-0.2, -0.15) is 15.4 Å². The molecule has 0 atom stereocenters. The summed E-state index contributed by atoms with van der Waals surface area (Å²) < 4.78 is 5.23. The highest BCUT2D eigenvalue weighted by atomic mass is 16.5. The van der Waals surface area contributed by atoms with Crippen molar-refractivity contribution >= 4 is 28.6 Å². The number of hydrogen-bond acceptors (Lipinski definition) is 5. The van der Waals surface area contributed by atoms with Crippen molar-refractivity contribution in [2.75, 3.05) is 11.9 Å². The maximum atomic E-state index is 12.5. The normalized spacial score (nSPS) is 10.6. The monoisotopic (exact) mass is 338 g/mol. The lowest BCUT2D eigenvalue weighted by Crippen LogP contribution is -2.16. The van der Waals surface area contributed by atoms with Crippen LogP contribution in [0.5, 0.6) is 0 Å². The first-order valence-corrected chi connectivity index (χ1v) is 8.07. The standard InChI is InChI=1S/C18H18N4O3/c1-2-3-10-25-18(24)13-6-4-5-7-14(13)19-17(23)12-8-9-15-16(11-12)21-22-20-15/h4-9,11H,2-3,10H2,1H3,(H,19,23)(H,20,21,22). The molecule has 1 aromatic heterocycles. The van der Waals surface area contributed by atoms with E-state index < -0.39 is 5.97 Å². The van der Waals surface area contributed by atoms with Crippen LogP contribution in [0.4, 0.5) is 5.69 Å². The zero-order chi connectivity index (χ0) is 17.6. The van der Waals surface area contributed by atoms with Gasteiger partial charge in [0.2, 0.25) is 0 Å². The summed E-state index contributed by atoms with van der Waals surface area (Å²) in [6.45, 7) is 2.38. The van der Waals surface area contributed by atoms with E-state index in [-0.39, 0.29) is 5.91 Å². The Morgan fingerprint density at radius 3 is 2.76 bits per heavy atom. The quantitative estimate of drug-likeness (QED) is 0.531. The van der Waals surface area contributed by atoms with Crippen LogP contribution >= 0.6 is 0 Å². The van der Waals surface area contributed by atoms with Crippen LogP contribution in [0.1, 0.15) is 40.5 Å². The van der Waals surface area contributed by atoms with Gasteiger partial charge in [-0.25, -0.2) is 4.79 Å². The van der Waals surface area contributed by atoms with E-state index in [9.17, 15) is 9.59 Å². The molecule has 25 heavy (non-hydrogen) atoms. The molecule has 0 saturated heterocycles. The summed E-state index contributed by atoms with van der Waals surface area (Å²) in [7, 11) is 0. The van der Waals surface area contributed by atoms with E-state index in [2.05, 4.69) is 20.7 Å². The number of benzene rings is 2. The molecule has 0 fully saturated rings. The fraction of sp³-hybridized carbons (Fsp3) is 0.222. The second-order valence-corrected chi connectivity index (χ2v) is 5.52. The second-order valence-electron chi connectivity index (χ2n) is 5.52. The first kappa shape index (κ1) is 16.6. The molecule has 0 spiro atoms. The zero-order valence-corrected chi connectivity index (χ0v) is 13.8. The van der Waals surface area contributed by atoms with Crippen molar-refractivity contribution in [1.29, 1.82) is 0 Å². The zero-order valence-electron chi connectivity index (χ0n) is 13.8. The number of nitrogens with zero attached hydrogens (tertiary/aromatic N) is 2. The van der Waals surface area contributed by atoms with Gasteiger partial charge in [-0.05, 0) is 36.8 Å². The highest BCUT2D eigenvalue weighted by Gasteiger charge is 2.15. The van der Waals surface area contributed by atoms with E-state index in [0.717, 1.165) is 12.8 Å². The van der Waals surface area contributed by atoms with Crippen molar-refractivity contribution in [3.05, 3.63) is 53.6 Å². The van der Waals surface area contributed by atoms with Gasteiger partial charge in [-0.3, -0.25) is 4.79 Å². The van der Waals surface area contributed by atoms with Gasteiger partial charge in [-0.15, -0.1) is 0 Å². The number of hydrogen-bond donors (Lipinski definition) is 2. The van der Waals surface area contributed by atoms with Crippen LogP contribution in [0.3, 0.4) is 0 Å². The lowest BCUT2D eigenvalue weighted by Gasteiger charge is -2.11. The summed E-state index contributed by atoms with van der Waals surface area (Å²) in [6.07, 6.45) is 1.74. The molecule has 2 aromatic carbocycles. The Kier molecular flexibility index (Phi) is 5.03. The molecule has 3 aromatic rings. The third-order valence-electron chi connectivity index (χ3n) is 3.70. The van der Waals surface area contributed by atoms with Crippen LogP contribution < -0.4 is 5.32 Å². The van der Waals surface area contributed by atoms with Gasteiger partial charge in [0.15, 0.2) is 0 Å². The average molecular weight is 338 g/mol. The topological polar surface area (TPSA) is 97.0 Å². The van der Waals surface area contributed by atoms with Crippen molar-refractivity contribution in [2.45, 2.75) is 19.8 Å². The number of carbonyl (C=O) groups is 2. The molecule has 128 valence electrons.